The Morgan fingerprint density at radius 1 is 1.41 bits per heavy atom. The molecule has 0 bridgehead atoms. The van der Waals surface area contributed by atoms with E-state index in [0.29, 0.717) is 0 Å². The molecule has 1 aliphatic carbocycles. The van der Waals surface area contributed by atoms with E-state index in [4.69, 9.17) is 0 Å². The minimum Gasteiger partial charge on any atom is -0.381 e. The monoisotopic (exact) mass is 292 g/mol. The van der Waals surface area contributed by atoms with Gasteiger partial charge in [-0.3, -0.25) is 0 Å². The third-order valence-electron chi connectivity index (χ3n) is 3.35. The van der Waals surface area contributed by atoms with E-state index in [1.165, 1.54) is 5.57 Å². The van der Waals surface area contributed by atoms with Gasteiger partial charge in [0.1, 0.15) is 5.60 Å². The number of rotatable bonds is 3. The van der Waals surface area contributed by atoms with Gasteiger partial charge in [0, 0.05) is 4.47 Å². The second-order valence-electron chi connectivity index (χ2n) is 4.60. The molecule has 0 radical (unpaired) electrons. The van der Waals surface area contributed by atoms with Gasteiger partial charge in [0.25, 0.3) is 0 Å². The minimum atomic E-state index is -0.902. The maximum Gasteiger partial charge on any atom is 0.112 e. The first-order chi connectivity index (χ1) is 8.04. The highest BCUT2D eigenvalue weighted by Crippen LogP contribution is 2.36. The summed E-state index contributed by atoms with van der Waals surface area (Å²) in [6, 6.07) is 7.85. The van der Waals surface area contributed by atoms with Gasteiger partial charge in [-0.15, -0.1) is 0 Å². The fourth-order valence-corrected chi connectivity index (χ4v) is 2.52. The average molecular weight is 293 g/mol. The van der Waals surface area contributed by atoms with E-state index in [2.05, 4.69) is 35.0 Å². The number of halogens is 1. The highest BCUT2D eigenvalue weighted by atomic mass is 79.9. The van der Waals surface area contributed by atoms with Crippen LogP contribution in [0.1, 0.15) is 32.3 Å². The van der Waals surface area contributed by atoms with Gasteiger partial charge in [-0.05, 0) is 43.0 Å². The van der Waals surface area contributed by atoms with Crippen LogP contribution < -0.4 is 0 Å². The highest BCUT2D eigenvalue weighted by molar-refractivity contribution is 9.10. The number of benzene rings is 1. The zero-order valence-corrected chi connectivity index (χ0v) is 11.8. The van der Waals surface area contributed by atoms with Crippen molar-refractivity contribution in [2.75, 3.05) is 0 Å². The molecular weight excluding hydrogens is 276 g/mol. The van der Waals surface area contributed by atoms with E-state index in [9.17, 15) is 5.11 Å². The van der Waals surface area contributed by atoms with Gasteiger partial charge in [0.2, 0.25) is 0 Å². The van der Waals surface area contributed by atoms with Crippen molar-refractivity contribution in [1.82, 2.24) is 0 Å². The predicted octanol–water partition coefficient (Wildman–Crippen LogP) is 4.32. The molecule has 0 amide bonds. The molecule has 0 heterocycles. The summed E-state index contributed by atoms with van der Waals surface area (Å²) in [5, 5.41) is 10.7. The molecule has 1 aromatic rings. The molecule has 1 unspecified atom stereocenters. The Morgan fingerprint density at radius 3 is 2.76 bits per heavy atom. The van der Waals surface area contributed by atoms with Gasteiger partial charge in [-0.2, -0.15) is 0 Å². The Bertz CT molecular complexity index is 483. The van der Waals surface area contributed by atoms with Crippen LogP contribution in [0.4, 0.5) is 0 Å². The molecule has 1 atom stereocenters. The molecule has 90 valence electrons. The van der Waals surface area contributed by atoms with E-state index >= 15 is 0 Å². The lowest BCUT2D eigenvalue weighted by molar-refractivity contribution is 0.102. The summed E-state index contributed by atoms with van der Waals surface area (Å²) in [6.07, 6.45) is 6.27. The molecule has 0 aliphatic heterocycles. The van der Waals surface area contributed by atoms with Crippen molar-refractivity contribution in [3.05, 3.63) is 57.6 Å². The van der Waals surface area contributed by atoms with E-state index in [-0.39, 0.29) is 0 Å². The Kier molecular flexibility index (Phi) is 3.55. The van der Waals surface area contributed by atoms with Crippen molar-refractivity contribution in [1.29, 1.82) is 0 Å². The van der Waals surface area contributed by atoms with Gasteiger partial charge in [0.15, 0.2) is 0 Å². The average Bonchev–Trinajstić information content (AvgIpc) is 2.78. The molecular formula is C15H17BrO. The van der Waals surface area contributed by atoms with Gasteiger partial charge in [0.05, 0.1) is 0 Å². The van der Waals surface area contributed by atoms with Gasteiger partial charge in [-0.25, -0.2) is 0 Å². The summed E-state index contributed by atoms with van der Waals surface area (Å²) >= 11 is 3.44. The molecule has 1 aromatic carbocycles. The fraction of sp³-hybridized carbons (Fsp3) is 0.333. The van der Waals surface area contributed by atoms with Crippen LogP contribution >= 0.6 is 15.9 Å². The first-order valence-corrected chi connectivity index (χ1v) is 6.72. The van der Waals surface area contributed by atoms with Crippen LogP contribution in [0, 0.1) is 0 Å². The van der Waals surface area contributed by atoms with Crippen molar-refractivity contribution < 1.29 is 5.11 Å². The topological polar surface area (TPSA) is 20.2 Å². The maximum atomic E-state index is 10.7. The van der Waals surface area contributed by atoms with Gasteiger partial charge < -0.3 is 5.11 Å². The standard InChI is InChI=1S/C15H17BrO/c1-3-11-7-8-13(9-11)15(2,17)12-5-4-6-14(16)10-12/h4-6,8-10,17H,3,7H2,1-2H3. The van der Waals surface area contributed by atoms with E-state index < -0.39 is 5.60 Å². The van der Waals surface area contributed by atoms with E-state index in [1.54, 1.807) is 0 Å². The van der Waals surface area contributed by atoms with Crippen molar-refractivity contribution in [2.24, 2.45) is 0 Å². The summed E-state index contributed by atoms with van der Waals surface area (Å²) in [4.78, 5) is 0. The molecule has 0 fully saturated rings. The van der Waals surface area contributed by atoms with E-state index in [1.807, 2.05) is 31.2 Å². The number of allylic oxidation sites excluding steroid dienone is 2. The first-order valence-electron chi connectivity index (χ1n) is 5.92. The molecule has 17 heavy (non-hydrogen) atoms. The Hall–Kier alpha value is -0.860. The zero-order chi connectivity index (χ0) is 12.5. The van der Waals surface area contributed by atoms with Crippen molar-refractivity contribution in [3.63, 3.8) is 0 Å². The lowest BCUT2D eigenvalue weighted by Crippen LogP contribution is -2.22. The molecule has 0 saturated heterocycles. The number of hydrogen-bond acceptors (Lipinski definition) is 1. The Labute approximate surface area is 111 Å². The Balaban J connectivity index is 2.34. The molecule has 0 saturated carbocycles. The maximum absolute atomic E-state index is 10.7. The summed E-state index contributed by atoms with van der Waals surface area (Å²) in [7, 11) is 0. The quantitative estimate of drug-likeness (QED) is 0.879. The number of aliphatic hydroxyl groups is 1. The lowest BCUT2D eigenvalue weighted by Gasteiger charge is -2.25. The third kappa shape index (κ3) is 2.53. The molecule has 1 nitrogen and oxygen atoms in total. The molecule has 2 heteroatoms. The normalized spacial score (nSPS) is 18.6. The predicted molar refractivity (Wildman–Crippen MR) is 74.8 cm³/mol. The van der Waals surface area contributed by atoms with Crippen LogP contribution in [-0.2, 0) is 5.60 Å². The van der Waals surface area contributed by atoms with Gasteiger partial charge in [-0.1, -0.05) is 52.7 Å². The van der Waals surface area contributed by atoms with Crippen molar-refractivity contribution >= 4 is 15.9 Å². The summed E-state index contributed by atoms with van der Waals surface area (Å²) in [5.74, 6) is 0. The smallest absolute Gasteiger partial charge is 0.112 e. The third-order valence-corrected chi connectivity index (χ3v) is 3.84. The summed E-state index contributed by atoms with van der Waals surface area (Å²) in [5.41, 5.74) is 2.41. The molecule has 2 rings (SSSR count). The SMILES string of the molecule is CCC1=CC(C(C)(O)c2cccc(Br)c2)=CC1. The van der Waals surface area contributed by atoms with Crippen LogP contribution in [0.25, 0.3) is 0 Å². The Morgan fingerprint density at radius 2 is 2.18 bits per heavy atom. The van der Waals surface area contributed by atoms with Crippen LogP contribution in [0.3, 0.4) is 0 Å². The number of hydrogen-bond donors (Lipinski definition) is 1. The zero-order valence-electron chi connectivity index (χ0n) is 10.2. The molecule has 1 aliphatic rings. The minimum absolute atomic E-state index is 0.902. The lowest BCUT2D eigenvalue weighted by atomic mass is 9.88. The molecule has 0 aromatic heterocycles. The highest BCUT2D eigenvalue weighted by Gasteiger charge is 2.28. The van der Waals surface area contributed by atoms with Gasteiger partial charge >= 0.3 is 0 Å². The van der Waals surface area contributed by atoms with Crippen molar-refractivity contribution in [2.45, 2.75) is 32.3 Å². The first kappa shape index (κ1) is 12.6. The second kappa shape index (κ2) is 4.79. The second-order valence-corrected chi connectivity index (χ2v) is 5.52. The summed E-state index contributed by atoms with van der Waals surface area (Å²) < 4.78 is 0.994. The fourth-order valence-electron chi connectivity index (χ4n) is 2.12. The largest absolute Gasteiger partial charge is 0.381 e. The van der Waals surface area contributed by atoms with Crippen LogP contribution in [0.2, 0.25) is 0 Å². The van der Waals surface area contributed by atoms with Crippen LogP contribution in [0.15, 0.2) is 52.0 Å². The summed E-state index contributed by atoms with van der Waals surface area (Å²) in [6.45, 7) is 4.01. The van der Waals surface area contributed by atoms with Crippen LogP contribution in [0.5, 0.6) is 0 Å². The molecule has 0 spiro atoms. The molecule has 1 N–H and O–H groups in total. The van der Waals surface area contributed by atoms with Crippen molar-refractivity contribution in [3.8, 4) is 0 Å². The van der Waals surface area contributed by atoms with E-state index in [0.717, 1.165) is 28.5 Å². The van der Waals surface area contributed by atoms with Crippen LogP contribution in [-0.4, -0.2) is 5.11 Å².